The van der Waals surface area contributed by atoms with E-state index in [-0.39, 0.29) is 36.4 Å². The second-order valence-corrected chi connectivity index (χ2v) is 10.4. The monoisotopic (exact) mass is 563 g/mol. The van der Waals surface area contributed by atoms with Crippen molar-refractivity contribution in [2.24, 2.45) is 5.73 Å². The van der Waals surface area contributed by atoms with Crippen molar-refractivity contribution in [3.05, 3.63) is 107 Å². The van der Waals surface area contributed by atoms with E-state index in [1.807, 2.05) is 55.5 Å². The molecule has 0 spiro atoms. The van der Waals surface area contributed by atoms with Crippen LogP contribution in [-0.4, -0.2) is 49.3 Å². The Balaban J connectivity index is 1.62. The third kappa shape index (κ3) is 5.46. The fraction of sp³-hybridized carbons (Fsp3) is 0.212. The van der Waals surface area contributed by atoms with Gasteiger partial charge in [0, 0.05) is 11.1 Å². The molecule has 214 valence electrons. The number of carbonyl (C=O) groups is 4. The standard InChI is InChI=1S/C33H33N5O4/c1-20-12-13-22-8-4-5-9-25(22)26(20)18-37-28-10-6-7-11-29(28)38(19-27(33(37)42)36-31(40)21(2)35-3)32(41)24-16-14-23(15-17-24)30(34)39/h4-17,21,27,35H,18-19H2,1-3H3,(H2,34,39)(H,36,40). The van der Waals surface area contributed by atoms with Gasteiger partial charge in [0.2, 0.25) is 11.8 Å². The van der Waals surface area contributed by atoms with Gasteiger partial charge in [-0.25, -0.2) is 0 Å². The summed E-state index contributed by atoms with van der Waals surface area (Å²) in [7, 11) is 1.66. The van der Waals surface area contributed by atoms with Gasteiger partial charge in [-0.05, 0) is 79.2 Å². The van der Waals surface area contributed by atoms with Crippen LogP contribution in [0, 0.1) is 6.92 Å². The van der Waals surface area contributed by atoms with Crippen LogP contribution in [0.2, 0.25) is 0 Å². The lowest BCUT2D eigenvalue weighted by atomic mass is 9.99. The van der Waals surface area contributed by atoms with E-state index in [0.717, 1.165) is 21.9 Å². The third-order valence-electron chi connectivity index (χ3n) is 7.79. The molecule has 4 aromatic carbocycles. The fourth-order valence-electron chi connectivity index (χ4n) is 5.22. The Hall–Kier alpha value is -5.02. The molecule has 0 radical (unpaired) electrons. The number of hydrogen-bond donors (Lipinski definition) is 3. The first-order valence-electron chi connectivity index (χ1n) is 13.8. The van der Waals surface area contributed by atoms with E-state index in [9.17, 15) is 19.2 Å². The number of amides is 4. The average molecular weight is 564 g/mol. The van der Waals surface area contributed by atoms with E-state index < -0.39 is 18.0 Å². The molecule has 1 aliphatic heterocycles. The molecule has 42 heavy (non-hydrogen) atoms. The van der Waals surface area contributed by atoms with E-state index in [2.05, 4.69) is 16.7 Å². The second kappa shape index (κ2) is 11.8. The number of benzene rings is 4. The van der Waals surface area contributed by atoms with Crippen molar-refractivity contribution in [1.29, 1.82) is 0 Å². The number of nitrogens with two attached hydrogens (primary N) is 1. The number of carbonyl (C=O) groups excluding carboxylic acids is 4. The highest BCUT2D eigenvalue weighted by Crippen LogP contribution is 2.36. The van der Waals surface area contributed by atoms with Crippen LogP contribution in [0.4, 0.5) is 11.4 Å². The molecule has 2 atom stereocenters. The summed E-state index contributed by atoms with van der Waals surface area (Å²) in [4.78, 5) is 56.1. The highest BCUT2D eigenvalue weighted by molar-refractivity contribution is 6.13. The van der Waals surface area contributed by atoms with Crippen LogP contribution in [0.3, 0.4) is 0 Å². The van der Waals surface area contributed by atoms with Crippen molar-refractivity contribution in [2.45, 2.75) is 32.5 Å². The summed E-state index contributed by atoms with van der Waals surface area (Å²) in [5.74, 6) is -1.66. The Morgan fingerprint density at radius 1 is 0.905 bits per heavy atom. The Labute approximate surface area is 244 Å². The Morgan fingerprint density at radius 2 is 1.55 bits per heavy atom. The van der Waals surface area contributed by atoms with Crippen LogP contribution in [-0.2, 0) is 16.1 Å². The van der Waals surface area contributed by atoms with E-state index >= 15 is 0 Å². The smallest absolute Gasteiger partial charge is 0.258 e. The molecule has 0 aliphatic carbocycles. The van der Waals surface area contributed by atoms with Gasteiger partial charge in [0.1, 0.15) is 6.04 Å². The summed E-state index contributed by atoms with van der Waals surface area (Å²) in [5.41, 5.74) is 9.06. The third-order valence-corrected chi connectivity index (χ3v) is 7.79. The van der Waals surface area contributed by atoms with Gasteiger partial charge in [0.05, 0.1) is 30.5 Å². The van der Waals surface area contributed by atoms with E-state index in [1.165, 1.54) is 29.2 Å². The second-order valence-electron chi connectivity index (χ2n) is 10.4. The highest BCUT2D eigenvalue weighted by Gasteiger charge is 2.38. The SMILES string of the molecule is CNC(C)C(=O)NC1CN(C(=O)c2ccc(C(N)=O)cc2)c2ccccc2N(Cc2c(C)ccc3ccccc23)C1=O. The number of nitrogens with zero attached hydrogens (tertiary/aromatic N) is 2. The molecule has 9 heteroatoms. The molecule has 4 amide bonds. The zero-order valence-electron chi connectivity index (χ0n) is 23.8. The van der Waals surface area contributed by atoms with Crippen LogP contribution in [0.15, 0.2) is 84.9 Å². The molecule has 2 unspecified atom stereocenters. The molecule has 9 nitrogen and oxygen atoms in total. The van der Waals surface area contributed by atoms with Crippen LogP contribution < -0.4 is 26.2 Å². The normalized spacial score (nSPS) is 15.6. The maximum atomic E-state index is 14.3. The number of anilines is 2. The van der Waals surface area contributed by atoms with Gasteiger partial charge in [0.25, 0.3) is 11.8 Å². The minimum Gasteiger partial charge on any atom is -0.366 e. The van der Waals surface area contributed by atoms with Crippen molar-refractivity contribution in [3.8, 4) is 0 Å². The Bertz CT molecular complexity index is 1680. The number of para-hydroxylation sites is 2. The number of nitrogens with one attached hydrogen (secondary N) is 2. The Morgan fingerprint density at radius 3 is 2.24 bits per heavy atom. The molecule has 0 saturated carbocycles. The molecular weight excluding hydrogens is 530 g/mol. The first-order chi connectivity index (χ1) is 20.2. The molecule has 0 bridgehead atoms. The van der Waals surface area contributed by atoms with Crippen LogP contribution in [0.1, 0.15) is 38.8 Å². The van der Waals surface area contributed by atoms with Crippen LogP contribution in [0.25, 0.3) is 10.8 Å². The first-order valence-corrected chi connectivity index (χ1v) is 13.8. The van der Waals surface area contributed by atoms with Gasteiger partial charge < -0.3 is 26.2 Å². The topological polar surface area (TPSA) is 125 Å². The van der Waals surface area contributed by atoms with Crippen molar-refractivity contribution in [3.63, 3.8) is 0 Å². The quantitative estimate of drug-likeness (QED) is 0.317. The molecule has 0 fully saturated rings. The van der Waals surface area contributed by atoms with E-state index in [1.54, 1.807) is 24.9 Å². The highest BCUT2D eigenvalue weighted by atomic mass is 16.2. The molecule has 4 N–H and O–H groups in total. The maximum Gasteiger partial charge on any atom is 0.258 e. The summed E-state index contributed by atoms with van der Waals surface area (Å²) >= 11 is 0. The summed E-state index contributed by atoms with van der Waals surface area (Å²) in [5, 5.41) is 7.85. The molecular formula is C33H33N5O4. The summed E-state index contributed by atoms with van der Waals surface area (Å²) in [6, 6.07) is 23.8. The molecule has 5 rings (SSSR count). The van der Waals surface area contributed by atoms with Gasteiger partial charge in [-0.2, -0.15) is 0 Å². The van der Waals surface area contributed by atoms with Crippen LogP contribution >= 0.6 is 0 Å². The minimum absolute atomic E-state index is 0.0839. The number of likely N-dealkylation sites (N-methyl/N-ethyl adjacent to an activating group) is 1. The van der Waals surface area contributed by atoms with Crippen molar-refractivity contribution < 1.29 is 19.2 Å². The Kier molecular flexibility index (Phi) is 8.04. The number of hydrogen-bond acceptors (Lipinski definition) is 5. The van der Waals surface area contributed by atoms with Gasteiger partial charge in [-0.1, -0.05) is 48.5 Å². The number of fused-ring (bicyclic) bond motifs is 2. The van der Waals surface area contributed by atoms with Gasteiger partial charge in [0.15, 0.2) is 0 Å². The average Bonchev–Trinajstić information content (AvgIpc) is 3.12. The summed E-state index contributed by atoms with van der Waals surface area (Å²) in [6.07, 6.45) is 0. The molecule has 0 aromatic heterocycles. The first kappa shape index (κ1) is 28.5. The zero-order chi connectivity index (χ0) is 30.0. The van der Waals surface area contributed by atoms with Gasteiger partial charge in [-0.15, -0.1) is 0 Å². The summed E-state index contributed by atoms with van der Waals surface area (Å²) in [6.45, 7) is 3.87. The number of primary amides is 1. The largest absolute Gasteiger partial charge is 0.366 e. The maximum absolute atomic E-state index is 14.3. The molecule has 1 aliphatic rings. The number of aryl methyl sites for hydroxylation is 1. The van der Waals surface area contributed by atoms with Crippen molar-refractivity contribution >= 4 is 45.8 Å². The van der Waals surface area contributed by atoms with E-state index in [0.29, 0.717) is 16.9 Å². The van der Waals surface area contributed by atoms with Crippen molar-refractivity contribution in [2.75, 3.05) is 23.4 Å². The lowest BCUT2D eigenvalue weighted by Gasteiger charge is -2.27. The lowest BCUT2D eigenvalue weighted by molar-refractivity contribution is -0.128. The zero-order valence-corrected chi connectivity index (χ0v) is 23.8. The molecule has 1 heterocycles. The predicted octanol–water partition coefficient (Wildman–Crippen LogP) is 3.53. The fourth-order valence-corrected chi connectivity index (χ4v) is 5.22. The predicted molar refractivity (Wildman–Crippen MR) is 163 cm³/mol. The van der Waals surface area contributed by atoms with Gasteiger partial charge >= 0.3 is 0 Å². The summed E-state index contributed by atoms with van der Waals surface area (Å²) < 4.78 is 0. The number of rotatable bonds is 7. The molecule has 0 saturated heterocycles. The lowest BCUT2D eigenvalue weighted by Crippen LogP contribution is -2.55. The van der Waals surface area contributed by atoms with Crippen LogP contribution in [0.5, 0.6) is 0 Å². The van der Waals surface area contributed by atoms with Gasteiger partial charge in [-0.3, -0.25) is 19.2 Å². The minimum atomic E-state index is -1.02. The van der Waals surface area contributed by atoms with E-state index in [4.69, 9.17) is 5.73 Å². The van der Waals surface area contributed by atoms with Crippen molar-refractivity contribution in [1.82, 2.24) is 10.6 Å². The molecule has 4 aromatic rings.